The summed E-state index contributed by atoms with van der Waals surface area (Å²) in [6.45, 7) is 0.264. The van der Waals surface area contributed by atoms with E-state index in [1.54, 1.807) is 4.90 Å². The summed E-state index contributed by atoms with van der Waals surface area (Å²) < 4.78 is 9.70. The zero-order chi connectivity index (χ0) is 10.6. The van der Waals surface area contributed by atoms with Crippen molar-refractivity contribution in [3.8, 4) is 0 Å². The molecule has 0 aliphatic carbocycles. The first-order chi connectivity index (χ1) is 6.63. The summed E-state index contributed by atoms with van der Waals surface area (Å²) >= 11 is 0. The molecule has 0 radical (unpaired) electrons. The SMILES string of the molecule is COCC(O)Cc1nc(N(C)C)no1. The van der Waals surface area contributed by atoms with Crippen molar-refractivity contribution in [2.75, 3.05) is 32.7 Å². The number of methoxy groups -OCH3 is 1. The number of ether oxygens (including phenoxy) is 1. The van der Waals surface area contributed by atoms with Crippen molar-refractivity contribution in [3.63, 3.8) is 0 Å². The average Bonchev–Trinajstić information content (AvgIpc) is 2.53. The van der Waals surface area contributed by atoms with Crippen molar-refractivity contribution in [1.82, 2.24) is 10.1 Å². The van der Waals surface area contributed by atoms with Crippen LogP contribution in [0.1, 0.15) is 5.89 Å². The summed E-state index contributed by atoms with van der Waals surface area (Å²) in [4.78, 5) is 5.80. The fourth-order valence-electron chi connectivity index (χ4n) is 0.963. The van der Waals surface area contributed by atoms with Gasteiger partial charge in [0.15, 0.2) is 0 Å². The molecule has 0 aromatic carbocycles. The van der Waals surface area contributed by atoms with Crippen LogP contribution >= 0.6 is 0 Å². The second-order valence-corrected chi connectivity index (χ2v) is 3.20. The Morgan fingerprint density at radius 3 is 2.79 bits per heavy atom. The van der Waals surface area contributed by atoms with Gasteiger partial charge in [0.2, 0.25) is 5.89 Å². The highest BCUT2D eigenvalue weighted by Crippen LogP contribution is 2.07. The molecular formula is C8H15N3O3. The van der Waals surface area contributed by atoms with E-state index in [2.05, 4.69) is 10.1 Å². The van der Waals surface area contributed by atoms with E-state index in [9.17, 15) is 5.11 Å². The third kappa shape index (κ3) is 2.97. The molecule has 1 aromatic rings. The maximum Gasteiger partial charge on any atom is 0.265 e. The Bertz CT molecular complexity index is 275. The molecule has 14 heavy (non-hydrogen) atoms. The van der Waals surface area contributed by atoms with Gasteiger partial charge in [-0.3, -0.25) is 0 Å². The van der Waals surface area contributed by atoms with Gasteiger partial charge in [-0.15, -0.1) is 0 Å². The molecule has 1 heterocycles. The van der Waals surface area contributed by atoms with Gasteiger partial charge in [-0.2, -0.15) is 4.98 Å². The molecule has 1 N–H and O–H groups in total. The lowest BCUT2D eigenvalue weighted by Crippen LogP contribution is -2.17. The Morgan fingerprint density at radius 1 is 1.57 bits per heavy atom. The standard InChI is InChI=1S/C8H15N3O3/c1-11(2)8-9-7(14-10-8)4-6(12)5-13-3/h6,12H,4-5H2,1-3H3. The topological polar surface area (TPSA) is 71.6 Å². The Kier molecular flexibility index (Phi) is 3.84. The van der Waals surface area contributed by atoms with Crippen LogP contribution in [0.2, 0.25) is 0 Å². The summed E-state index contributed by atoms with van der Waals surface area (Å²) in [5.74, 6) is 0.919. The van der Waals surface area contributed by atoms with Crippen LogP contribution in [-0.2, 0) is 11.2 Å². The van der Waals surface area contributed by atoms with E-state index in [1.807, 2.05) is 14.1 Å². The first-order valence-corrected chi connectivity index (χ1v) is 4.30. The van der Waals surface area contributed by atoms with Crippen LogP contribution in [0.3, 0.4) is 0 Å². The van der Waals surface area contributed by atoms with Gasteiger partial charge in [0.05, 0.1) is 19.1 Å². The van der Waals surface area contributed by atoms with E-state index in [0.29, 0.717) is 18.3 Å². The lowest BCUT2D eigenvalue weighted by Gasteiger charge is -2.05. The summed E-state index contributed by atoms with van der Waals surface area (Å²) in [6, 6.07) is 0. The Balaban J connectivity index is 2.51. The fourth-order valence-corrected chi connectivity index (χ4v) is 0.963. The van der Waals surface area contributed by atoms with Crippen molar-refractivity contribution < 1.29 is 14.4 Å². The Labute approximate surface area is 82.5 Å². The fraction of sp³-hybridized carbons (Fsp3) is 0.750. The Hall–Kier alpha value is -1.14. The molecule has 1 atom stereocenters. The van der Waals surface area contributed by atoms with E-state index in [-0.39, 0.29) is 6.61 Å². The predicted octanol–water partition coefficient (Wildman–Crippen LogP) is -0.315. The molecule has 6 nitrogen and oxygen atoms in total. The second-order valence-electron chi connectivity index (χ2n) is 3.20. The molecule has 0 saturated heterocycles. The van der Waals surface area contributed by atoms with Crippen LogP contribution in [0.25, 0.3) is 0 Å². The number of hydrogen-bond acceptors (Lipinski definition) is 6. The van der Waals surface area contributed by atoms with Crippen LogP contribution < -0.4 is 4.90 Å². The third-order valence-corrected chi connectivity index (χ3v) is 1.63. The molecule has 0 amide bonds. The minimum absolute atomic E-state index is 0.264. The highest BCUT2D eigenvalue weighted by molar-refractivity contribution is 5.23. The number of aliphatic hydroxyl groups excluding tert-OH is 1. The van der Waals surface area contributed by atoms with Gasteiger partial charge in [-0.25, -0.2) is 0 Å². The third-order valence-electron chi connectivity index (χ3n) is 1.63. The number of aromatic nitrogens is 2. The summed E-state index contributed by atoms with van der Waals surface area (Å²) in [5, 5.41) is 13.1. The van der Waals surface area contributed by atoms with Gasteiger partial charge >= 0.3 is 0 Å². The van der Waals surface area contributed by atoms with Crippen LogP contribution in [-0.4, -0.2) is 49.2 Å². The molecule has 0 saturated carbocycles. The van der Waals surface area contributed by atoms with Crippen molar-refractivity contribution in [2.45, 2.75) is 12.5 Å². The van der Waals surface area contributed by atoms with Gasteiger partial charge < -0.3 is 19.3 Å². The van der Waals surface area contributed by atoms with Crippen molar-refractivity contribution >= 4 is 5.95 Å². The molecule has 6 heteroatoms. The van der Waals surface area contributed by atoms with Crippen LogP contribution in [0.5, 0.6) is 0 Å². The van der Waals surface area contributed by atoms with Crippen molar-refractivity contribution in [3.05, 3.63) is 5.89 Å². The zero-order valence-electron chi connectivity index (χ0n) is 8.60. The number of anilines is 1. The molecule has 1 rings (SSSR count). The summed E-state index contributed by atoms with van der Waals surface area (Å²) in [7, 11) is 5.17. The monoisotopic (exact) mass is 201 g/mol. The molecule has 0 bridgehead atoms. The largest absolute Gasteiger partial charge is 0.390 e. The molecular weight excluding hydrogens is 186 g/mol. The quantitative estimate of drug-likeness (QED) is 0.704. The predicted molar refractivity (Wildman–Crippen MR) is 50.2 cm³/mol. The minimum Gasteiger partial charge on any atom is -0.390 e. The molecule has 0 fully saturated rings. The van der Waals surface area contributed by atoms with E-state index in [4.69, 9.17) is 9.26 Å². The molecule has 1 unspecified atom stereocenters. The van der Waals surface area contributed by atoms with Gasteiger partial charge in [0, 0.05) is 21.2 Å². The lowest BCUT2D eigenvalue weighted by molar-refractivity contribution is 0.0599. The van der Waals surface area contributed by atoms with E-state index in [0.717, 1.165) is 0 Å². The number of aliphatic hydroxyl groups is 1. The Morgan fingerprint density at radius 2 is 2.29 bits per heavy atom. The van der Waals surface area contributed by atoms with E-state index >= 15 is 0 Å². The highest BCUT2D eigenvalue weighted by atomic mass is 16.5. The molecule has 80 valence electrons. The van der Waals surface area contributed by atoms with Gasteiger partial charge in [-0.05, 0) is 5.16 Å². The highest BCUT2D eigenvalue weighted by Gasteiger charge is 2.12. The molecule has 0 aliphatic rings. The number of nitrogens with zero attached hydrogens (tertiary/aromatic N) is 3. The lowest BCUT2D eigenvalue weighted by atomic mass is 10.3. The smallest absolute Gasteiger partial charge is 0.265 e. The summed E-state index contributed by atoms with van der Waals surface area (Å²) in [6.07, 6.45) is -0.287. The average molecular weight is 201 g/mol. The minimum atomic E-state index is -0.601. The first-order valence-electron chi connectivity index (χ1n) is 4.30. The normalized spacial score (nSPS) is 12.9. The zero-order valence-corrected chi connectivity index (χ0v) is 8.60. The molecule has 1 aromatic heterocycles. The molecule has 0 aliphatic heterocycles. The maximum absolute atomic E-state index is 9.38. The first kappa shape index (κ1) is 10.9. The molecule has 0 spiro atoms. The van der Waals surface area contributed by atoms with Crippen LogP contribution in [0, 0.1) is 0 Å². The van der Waals surface area contributed by atoms with Crippen molar-refractivity contribution in [1.29, 1.82) is 0 Å². The van der Waals surface area contributed by atoms with Crippen molar-refractivity contribution in [2.24, 2.45) is 0 Å². The van der Waals surface area contributed by atoms with Gasteiger partial charge in [0.25, 0.3) is 5.95 Å². The summed E-state index contributed by atoms with van der Waals surface area (Å²) in [5.41, 5.74) is 0. The van der Waals surface area contributed by atoms with Gasteiger partial charge in [-0.1, -0.05) is 0 Å². The van der Waals surface area contributed by atoms with Gasteiger partial charge in [0.1, 0.15) is 0 Å². The van der Waals surface area contributed by atoms with E-state index in [1.165, 1.54) is 7.11 Å². The van der Waals surface area contributed by atoms with Crippen LogP contribution in [0.4, 0.5) is 5.95 Å². The van der Waals surface area contributed by atoms with Crippen LogP contribution in [0.15, 0.2) is 4.52 Å². The number of rotatable bonds is 5. The number of hydrogen-bond donors (Lipinski definition) is 1. The van der Waals surface area contributed by atoms with E-state index < -0.39 is 6.10 Å². The maximum atomic E-state index is 9.38. The second kappa shape index (κ2) is 4.92.